The van der Waals surface area contributed by atoms with Crippen molar-refractivity contribution in [1.29, 1.82) is 0 Å². The van der Waals surface area contributed by atoms with Crippen molar-refractivity contribution >= 4 is 17.9 Å². The van der Waals surface area contributed by atoms with E-state index in [1.54, 1.807) is 14.1 Å². The first-order valence-electron chi connectivity index (χ1n) is 5.45. The molecule has 0 saturated carbocycles. The van der Waals surface area contributed by atoms with Crippen molar-refractivity contribution in [2.75, 3.05) is 40.4 Å². The highest BCUT2D eigenvalue weighted by Gasteiger charge is 2.05. The zero-order valence-corrected chi connectivity index (χ0v) is 10.6. The molecule has 3 amide bonds. The van der Waals surface area contributed by atoms with Crippen LogP contribution in [0.4, 0.5) is 4.79 Å². The van der Waals surface area contributed by atoms with E-state index in [9.17, 15) is 14.4 Å². The monoisotopic (exact) mass is 261 g/mol. The van der Waals surface area contributed by atoms with Gasteiger partial charge in [-0.1, -0.05) is 0 Å². The summed E-state index contributed by atoms with van der Waals surface area (Å²) >= 11 is 0. The lowest BCUT2D eigenvalue weighted by Gasteiger charge is -2.11. The summed E-state index contributed by atoms with van der Waals surface area (Å²) in [6, 6.07) is -0.466. The molecule has 0 bridgehead atoms. The molecule has 0 spiro atoms. The minimum Gasteiger partial charge on any atom is -0.481 e. The molecule has 0 unspecified atom stereocenters. The number of hydrogen-bond acceptors (Lipinski definition) is 4. The zero-order chi connectivity index (χ0) is 14.0. The molecule has 0 saturated heterocycles. The Hall–Kier alpha value is -1.83. The van der Waals surface area contributed by atoms with Crippen LogP contribution in [0.25, 0.3) is 0 Å². The summed E-state index contributed by atoms with van der Waals surface area (Å²) in [6.07, 6.45) is -0.0659. The number of urea groups is 1. The molecule has 3 N–H and O–H groups in total. The first-order valence-corrected chi connectivity index (χ1v) is 5.45. The molecule has 18 heavy (non-hydrogen) atoms. The number of hydrogen-bond donors (Lipinski definition) is 3. The van der Waals surface area contributed by atoms with Gasteiger partial charge in [-0.2, -0.15) is 0 Å². The van der Waals surface area contributed by atoms with E-state index < -0.39 is 12.0 Å². The fraction of sp³-hybridized carbons (Fsp3) is 0.700. The molecule has 8 nitrogen and oxygen atoms in total. The number of amides is 3. The Morgan fingerprint density at radius 1 is 1.17 bits per heavy atom. The summed E-state index contributed by atoms with van der Waals surface area (Å²) < 4.78 is 4.96. The van der Waals surface area contributed by atoms with Crippen LogP contribution in [-0.4, -0.2) is 68.3 Å². The van der Waals surface area contributed by atoms with Crippen molar-refractivity contribution in [2.45, 2.75) is 6.42 Å². The van der Waals surface area contributed by atoms with Crippen LogP contribution in [0.2, 0.25) is 0 Å². The minimum atomic E-state index is -0.928. The van der Waals surface area contributed by atoms with Crippen molar-refractivity contribution in [3.63, 3.8) is 0 Å². The lowest BCUT2D eigenvalue weighted by molar-refractivity contribution is -0.138. The van der Waals surface area contributed by atoms with E-state index in [1.165, 1.54) is 4.90 Å². The highest BCUT2D eigenvalue weighted by molar-refractivity contribution is 5.83. The van der Waals surface area contributed by atoms with Crippen LogP contribution in [0.15, 0.2) is 0 Å². The zero-order valence-electron chi connectivity index (χ0n) is 10.6. The SMILES string of the molecule is CN(C)C(=O)CNC(=O)NCCOCCC(=O)O. The second-order valence-electron chi connectivity index (χ2n) is 3.65. The average Bonchev–Trinajstić information content (AvgIpc) is 2.29. The topological polar surface area (TPSA) is 108 Å². The van der Waals surface area contributed by atoms with Gasteiger partial charge in [-0.3, -0.25) is 9.59 Å². The van der Waals surface area contributed by atoms with Gasteiger partial charge >= 0.3 is 12.0 Å². The Morgan fingerprint density at radius 3 is 2.39 bits per heavy atom. The summed E-state index contributed by atoms with van der Waals surface area (Å²) in [5.41, 5.74) is 0. The molecule has 8 heteroatoms. The van der Waals surface area contributed by atoms with Gasteiger partial charge in [0.05, 0.1) is 26.2 Å². The van der Waals surface area contributed by atoms with Crippen LogP contribution in [-0.2, 0) is 14.3 Å². The van der Waals surface area contributed by atoms with Gasteiger partial charge in [0.15, 0.2) is 0 Å². The predicted molar refractivity (Wildman–Crippen MR) is 63.2 cm³/mol. The Morgan fingerprint density at radius 2 is 1.83 bits per heavy atom. The fourth-order valence-electron chi connectivity index (χ4n) is 0.875. The fourth-order valence-corrected chi connectivity index (χ4v) is 0.875. The van der Waals surface area contributed by atoms with Crippen molar-refractivity contribution in [3.05, 3.63) is 0 Å². The third-order valence-electron chi connectivity index (χ3n) is 1.89. The molecule has 0 radical (unpaired) electrons. The Bertz CT molecular complexity index is 293. The molecule has 0 aliphatic carbocycles. The molecule has 0 aliphatic rings. The van der Waals surface area contributed by atoms with Gasteiger partial charge in [-0.05, 0) is 0 Å². The molecular weight excluding hydrogens is 242 g/mol. The van der Waals surface area contributed by atoms with Gasteiger partial charge < -0.3 is 25.4 Å². The number of ether oxygens (including phenoxy) is 1. The number of likely N-dealkylation sites (N-methyl/N-ethyl adjacent to an activating group) is 1. The second-order valence-corrected chi connectivity index (χ2v) is 3.65. The smallest absolute Gasteiger partial charge is 0.315 e. The van der Waals surface area contributed by atoms with Crippen molar-refractivity contribution in [1.82, 2.24) is 15.5 Å². The van der Waals surface area contributed by atoms with Gasteiger partial charge in [-0.15, -0.1) is 0 Å². The maximum atomic E-state index is 11.2. The lowest BCUT2D eigenvalue weighted by atomic mass is 10.5. The quantitative estimate of drug-likeness (QED) is 0.479. The third-order valence-corrected chi connectivity index (χ3v) is 1.89. The number of rotatable bonds is 8. The van der Waals surface area contributed by atoms with E-state index in [0.29, 0.717) is 0 Å². The number of aliphatic carboxylic acids is 1. The number of carboxylic acid groups (broad SMARTS) is 1. The molecule has 0 fully saturated rings. The van der Waals surface area contributed by atoms with E-state index >= 15 is 0 Å². The molecule has 0 aromatic heterocycles. The van der Waals surface area contributed by atoms with E-state index in [1.807, 2.05) is 0 Å². The highest BCUT2D eigenvalue weighted by atomic mass is 16.5. The standard InChI is InChI=1S/C10H19N3O5/c1-13(2)8(14)7-12-10(17)11-4-6-18-5-3-9(15)16/h3-7H2,1-2H3,(H,15,16)(H2,11,12,17). The molecular formula is C10H19N3O5. The van der Waals surface area contributed by atoms with Crippen LogP contribution < -0.4 is 10.6 Å². The largest absolute Gasteiger partial charge is 0.481 e. The van der Waals surface area contributed by atoms with E-state index in [2.05, 4.69) is 10.6 Å². The van der Waals surface area contributed by atoms with E-state index in [-0.39, 0.29) is 38.6 Å². The number of nitrogens with zero attached hydrogens (tertiary/aromatic N) is 1. The number of carboxylic acids is 1. The van der Waals surface area contributed by atoms with Crippen LogP contribution >= 0.6 is 0 Å². The summed E-state index contributed by atoms with van der Waals surface area (Å²) in [5.74, 6) is -1.13. The maximum Gasteiger partial charge on any atom is 0.315 e. The molecule has 104 valence electrons. The van der Waals surface area contributed by atoms with Crippen LogP contribution in [0.5, 0.6) is 0 Å². The normalized spacial score (nSPS) is 9.67. The first kappa shape index (κ1) is 16.2. The average molecular weight is 261 g/mol. The first-order chi connectivity index (χ1) is 8.43. The molecule has 0 aromatic rings. The van der Waals surface area contributed by atoms with Crippen LogP contribution in [0.1, 0.15) is 6.42 Å². The van der Waals surface area contributed by atoms with E-state index in [4.69, 9.17) is 9.84 Å². The van der Waals surface area contributed by atoms with Gasteiger partial charge in [0, 0.05) is 20.6 Å². The number of nitrogens with one attached hydrogen (secondary N) is 2. The molecule has 0 aliphatic heterocycles. The molecule has 0 rings (SSSR count). The van der Waals surface area contributed by atoms with Gasteiger partial charge in [0.1, 0.15) is 0 Å². The molecule has 0 atom stereocenters. The Labute approximate surface area is 105 Å². The Balaban J connectivity index is 3.43. The number of carbonyl (C=O) groups excluding carboxylic acids is 2. The summed E-state index contributed by atoms with van der Waals surface area (Å²) in [7, 11) is 3.19. The summed E-state index contributed by atoms with van der Waals surface area (Å²) in [5, 5.41) is 13.2. The van der Waals surface area contributed by atoms with Crippen LogP contribution in [0.3, 0.4) is 0 Å². The molecule has 0 heterocycles. The third kappa shape index (κ3) is 9.40. The van der Waals surface area contributed by atoms with Gasteiger partial charge in [-0.25, -0.2) is 4.79 Å². The van der Waals surface area contributed by atoms with Crippen molar-refractivity contribution in [3.8, 4) is 0 Å². The maximum absolute atomic E-state index is 11.2. The highest BCUT2D eigenvalue weighted by Crippen LogP contribution is 1.81. The van der Waals surface area contributed by atoms with Gasteiger partial charge in [0.2, 0.25) is 5.91 Å². The van der Waals surface area contributed by atoms with Crippen LogP contribution in [0, 0.1) is 0 Å². The second kappa shape index (κ2) is 9.23. The lowest BCUT2D eigenvalue weighted by Crippen LogP contribution is -2.42. The van der Waals surface area contributed by atoms with Crippen molar-refractivity contribution < 1.29 is 24.2 Å². The van der Waals surface area contributed by atoms with Gasteiger partial charge in [0.25, 0.3) is 0 Å². The number of carbonyl (C=O) groups is 3. The van der Waals surface area contributed by atoms with Crippen molar-refractivity contribution in [2.24, 2.45) is 0 Å². The predicted octanol–water partition coefficient (Wildman–Crippen LogP) is -1.13. The summed E-state index contributed by atoms with van der Waals surface area (Å²) in [4.78, 5) is 33.8. The summed E-state index contributed by atoms with van der Waals surface area (Å²) in [6.45, 7) is 0.514. The minimum absolute atomic E-state index is 0.0659. The molecule has 0 aromatic carbocycles. The van der Waals surface area contributed by atoms with E-state index in [0.717, 1.165) is 0 Å². The Kier molecular flexibility index (Phi) is 8.29.